The highest BCUT2D eigenvalue weighted by atomic mass is 32.2. The van der Waals surface area contributed by atoms with E-state index >= 15 is 0 Å². The molecule has 6 rings (SSSR count). The zero-order valence-electron chi connectivity index (χ0n) is 20.8. The Labute approximate surface area is 219 Å². The fourth-order valence-corrected chi connectivity index (χ4v) is 5.76. The first kappa shape index (κ1) is 23.1. The molecule has 0 spiro atoms. The third kappa shape index (κ3) is 4.30. The topological polar surface area (TPSA) is 55.6 Å². The van der Waals surface area contributed by atoms with Crippen molar-refractivity contribution in [2.24, 2.45) is 4.99 Å². The maximum absolute atomic E-state index is 13.2. The van der Waals surface area contributed by atoms with Crippen LogP contribution in [-0.2, 0) is 0 Å². The summed E-state index contributed by atoms with van der Waals surface area (Å²) in [5.41, 5.74) is 7.60. The van der Waals surface area contributed by atoms with Crippen LogP contribution in [-0.4, -0.2) is 17.9 Å². The van der Waals surface area contributed by atoms with Crippen LogP contribution >= 0.6 is 11.8 Å². The molecule has 0 amide bonds. The zero-order chi connectivity index (χ0) is 25.5. The van der Waals surface area contributed by atoms with Gasteiger partial charge in [0.1, 0.15) is 5.75 Å². The molecule has 0 unspecified atom stereocenters. The number of fused-ring (bicyclic) bond motifs is 3. The molecule has 37 heavy (non-hydrogen) atoms. The number of pyridine rings is 1. The van der Waals surface area contributed by atoms with E-state index in [1.54, 1.807) is 35.7 Å². The number of aromatic nitrogens is 1. The smallest absolute Gasteiger partial charge is 0.255 e. The van der Waals surface area contributed by atoms with Crippen molar-refractivity contribution in [3.05, 3.63) is 112 Å². The highest BCUT2D eigenvalue weighted by Gasteiger charge is 2.19. The van der Waals surface area contributed by atoms with Gasteiger partial charge in [0, 0.05) is 38.7 Å². The first-order chi connectivity index (χ1) is 18.0. The van der Waals surface area contributed by atoms with E-state index in [9.17, 15) is 4.79 Å². The second-order valence-corrected chi connectivity index (χ2v) is 10.2. The summed E-state index contributed by atoms with van der Waals surface area (Å²) >= 11 is 1.76. The van der Waals surface area contributed by atoms with E-state index in [0.29, 0.717) is 0 Å². The van der Waals surface area contributed by atoms with E-state index in [0.717, 1.165) is 55.4 Å². The lowest BCUT2D eigenvalue weighted by molar-refractivity contribution is 0.414. The molecule has 2 heterocycles. The maximum atomic E-state index is 13.2. The van der Waals surface area contributed by atoms with Gasteiger partial charge < -0.3 is 10.1 Å². The van der Waals surface area contributed by atoms with Crippen molar-refractivity contribution in [1.29, 1.82) is 0 Å². The van der Waals surface area contributed by atoms with Crippen molar-refractivity contribution in [2.45, 2.75) is 23.6 Å². The van der Waals surface area contributed by atoms with E-state index < -0.39 is 0 Å². The molecule has 6 heteroatoms. The standard InChI is InChI=1S/C31H25N3O2S/c1-19-8-13-25-29(14-19)37-30-16-24-20(2)15-31(35)34(27(24)17-26(30)33-25)23-11-9-22(10-12-23)32-18-21-6-4-5-7-28(21)36-3/h4-18,33H,1-3H3. The largest absolute Gasteiger partial charge is 0.496 e. The van der Waals surface area contributed by atoms with Crippen molar-refractivity contribution < 1.29 is 4.74 Å². The van der Waals surface area contributed by atoms with Crippen LogP contribution in [0.1, 0.15) is 16.7 Å². The van der Waals surface area contributed by atoms with Gasteiger partial charge in [-0.3, -0.25) is 14.4 Å². The fraction of sp³-hybridized carbons (Fsp3) is 0.0968. The molecule has 0 atom stereocenters. The minimum atomic E-state index is -0.0605. The summed E-state index contributed by atoms with van der Waals surface area (Å²) in [6.45, 7) is 4.10. The van der Waals surface area contributed by atoms with Crippen LogP contribution in [0.4, 0.5) is 17.1 Å². The third-order valence-corrected chi connectivity index (χ3v) is 7.67. The van der Waals surface area contributed by atoms with Crippen molar-refractivity contribution in [2.75, 3.05) is 12.4 Å². The number of ether oxygens (including phenoxy) is 1. The van der Waals surface area contributed by atoms with Crippen molar-refractivity contribution >= 4 is 45.9 Å². The number of benzene rings is 4. The van der Waals surface area contributed by atoms with Gasteiger partial charge in [-0.2, -0.15) is 0 Å². The Morgan fingerprint density at radius 3 is 2.49 bits per heavy atom. The number of aryl methyl sites for hydroxylation is 2. The molecule has 0 radical (unpaired) electrons. The van der Waals surface area contributed by atoms with Gasteiger partial charge in [0.05, 0.1) is 29.7 Å². The van der Waals surface area contributed by atoms with Gasteiger partial charge in [-0.05, 0) is 85.6 Å². The molecule has 1 aliphatic rings. The summed E-state index contributed by atoms with van der Waals surface area (Å²) in [6, 6.07) is 27.9. The van der Waals surface area contributed by atoms with Crippen LogP contribution in [0, 0.1) is 13.8 Å². The summed E-state index contributed by atoms with van der Waals surface area (Å²) in [5.74, 6) is 0.772. The van der Waals surface area contributed by atoms with Crippen molar-refractivity contribution in [3.8, 4) is 11.4 Å². The molecule has 1 aromatic heterocycles. The first-order valence-corrected chi connectivity index (χ1v) is 12.9. The van der Waals surface area contributed by atoms with Gasteiger partial charge in [-0.1, -0.05) is 30.0 Å². The first-order valence-electron chi connectivity index (χ1n) is 12.0. The number of anilines is 2. The molecule has 1 N–H and O–H groups in total. The minimum Gasteiger partial charge on any atom is -0.496 e. The molecule has 1 aliphatic heterocycles. The Morgan fingerprint density at radius 1 is 0.892 bits per heavy atom. The van der Waals surface area contributed by atoms with E-state index in [4.69, 9.17) is 4.74 Å². The summed E-state index contributed by atoms with van der Waals surface area (Å²) in [4.78, 5) is 20.2. The number of hydrogen-bond donors (Lipinski definition) is 1. The Balaban J connectivity index is 1.39. The molecule has 0 aliphatic carbocycles. The number of hydrogen-bond acceptors (Lipinski definition) is 5. The molecular formula is C31H25N3O2S. The normalized spacial score (nSPS) is 12.3. The van der Waals surface area contributed by atoms with Crippen LogP contribution < -0.4 is 15.6 Å². The van der Waals surface area contributed by atoms with Crippen LogP contribution in [0.2, 0.25) is 0 Å². The van der Waals surface area contributed by atoms with E-state index in [1.165, 1.54) is 10.5 Å². The third-order valence-electron chi connectivity index (χ3n) is 6.55. The number of para-hydroxylation sites is 1. The quantitative estimate of drug-likeness (QED) is 0.252. The molecular weight excluding hydrogens is 478 g/mol. The molecule has 0 saturated heterocycles. The minimum absolute atomic E-state index is 0.0605. The van der Waals surface area contributed by atoms with Gasteiger partial charge in [-0.25, -0.2) is 0 Å². The van der Waals surface area contributed by atoms with E-state index in [-0.39, 0.29) is 5.56 Å². The lowest BCUT2D eigenvalue weighted by Gasteiger charge is -2.23. The van der Waals surface area contributed by atoms with Gasteiger partial charge in [-0.15, -0.1) is 0 Å². The monoisotopic (exact) mass is 503 g/mol. The van der Waals surface area contributed by atoms with Gasteiger partial charge in [0.25, 0.3) is 5.56 Å². The van der Waals surface area contributed by atoms with Gasteiger partial charge in [0.15, 0.2) is 0 Å². The van der Waals surface area contributed by atoms with Crippen LogP contribution in [0.25, 0.3) is 16.6 Å². The second-order valence-electron chi connectivity index (χ2n) is 9.11. The van der Waals surface area contributed by atoms with Crippen LogP contribution in [0.3, 0.4) is 0 Å². The Hall–Kier alpha value is -4.29. The number of nitrogens with one attached hydrogen (secondary N) is 1. The molecule has 4 aromatic carbocycles. The Bertz CT molecular complexity index is 1750. The molecule has 5 nitrogen and oxygen atoms in total. The molecule has 0 saturated carbocycles. The number of nitrogens with zero attached hydrogens (tertiary/aromatic N) is 2. The molecule has 5 aromatic rings. The zero-order valence-corrected chi connectivity index (χ0v) is 21.6. The van der Waals surface area contributed by atoms with Crippen LogP contribution in [0.15, 0.2) is 105 Å². The Kier molecular flexibility index (Phi) is 5.81. The SMILES string of the molecule is COc1ccccc1C=Nc1ccc(-n2c(=O)cc(C)c3cc4c(cc32)Nc2ccc(C)cc2S4)cc1. The van der Waals surface area contributed by atoms with Crippen molar-refractivity contribution in [3.63, 3.8) is 0 Å². The molecule has 182 valence electrons. The number of methoxy groups -OCH3 is 1. The van der Waals surface area contributed by atoms with Gasteiger partial charge in [0.2, 0.25) is 0 Å². The van der Waals surface area contributed by atoms with E-state index in [2.05, 4.69) is 47.6 Å². The number of aliphatic imine (C=N–C) groups is 1. The molecule has 0 fully saturated rings. The summed E-state index contributed by atoms with van der Waals surface area (Å²) in [6.07, 6.45) is 1.79. The summed E-state index contributed by atoms with van der Waals surface area (Å²) < 4.78 is 7.17. The van der Waals surface area contributed by atoms with Crippen molar-refractivity contribution in [1.82, 2.24) is 4.57 Å². The Morgan fingerprint density at radius 2 is 1.68 bits per heavy atom. The summed E-state index contributed by atoms with van der Waals surface area (Å²) in [7, 11) is 1.65. The van der Waals surface area contributed by atoms with E-state index in [1.807, 2.05) is 55.5 Å². The summed E-state index contributed by atoms with van der Waals surface area (Å²) in [5, 5.41) is 4.62. The second kappa shape index (κ2) is 9.30. The average molecular weight is 504 g/mol. The maximum Gasteiger partial charge on any atom is 0.255 e. The number of rotatable bonds is 4. The highest BCUT2D eigenvalue weighted by molar-refractivity contribution is 7.99. The lowest BCUT2D eigenvalue weighted by atomic mass is 10.1. The lowest BCUT2D eigenvalue weighted by Crippen LogP contribution is -2.18. The highest BCUT2D eigenvalue weighted by Crippen LogP contribution is 2.46. The molecule has 0 bridgehead atoms. The fourth-order valence-electron chi connectivity index (χ4n) is 4.65. The van der Waals surface area contributed by atoms with Gasteiger partial charge >= 0.3 is 0 Å². The predicted molar refractivity (Wildman–Crippen MR) is 153 cm³/mol. The predicted octanol–water partition coefficient (Wildman–Crippen LogP) is 7.57. The average Bonchev–Trinajstić information content (AvgIpc) is 2.91. The van der Waals surface area contributed by atoms with Crippen LogP contribution in [0.5, 0.6) is 5.75 Å².